The van der Waals surface area contributed by atoms with Gasteiger partial charge < -0.3 is 19.9 Å². The number of amides is 1. The Morgan fingerprint density at radius 1 is 1.40 bits per heavy atom. The summed E-state index contributed by atoms with van der Waals surface area (Å²) in [6, 6.07) is 5.53. The Hall–Kier alpha value is -1.95. The van der Waals surface area contributed by atoms with E-state index < -0.39 is 23.5 Å². The molecule has 7 heteroatoms. The first-order valence-corrected chi connectivity index (χ1v) is 6.44. The number of halogens is 1. The molecule has 0 radical (unpaired) electrons. The molecule has 2 N–H and O–H groups in total. The van der Waals surface area contributed by atoms with Gasteiger partial charge in [0.25, 0.3) is 0 Å². The van der Waals surface area contributed by atoms with Crippen molar-refractivity contribution in [2.75, 3.05) is 6.61 Å². The lowest BCUT2D eigenvalue weighted by molar-refractivity contribution is -0.142. The maximum Gasteiger partial charge on any atom is 0.302 e. The Bertz CT molecular complexity index is 504. The molecule has 0 bridgehead atoms. The Morgan fingerprint density at radius 3 is 2.65 bits per heavy atom. The van der Waals surface area contributed by atoms with E-state index in [1.54, 1.807) is 12.1 Å². The van der Waals surface area contributed by atoms with Gasteiger partial charge >= 0.3 is 5.97 Å². The number of benzene rings is 1. The second kappa shape index (κ2) is 6.00. The van der Waals surface area contributed by atoms with Gasteiger partial charge in [0.15, 0.2) is 5.38 Å². The molecule has 0 spiro atoms. The molecular weight excluding hydrogens is 286 g/mol. The molecule has 1 fully saturated rings. The van der Waals surface area contributed by atoms with Crippen LogP contribution < -0.4 is 10.1 Å². The number of ether oxygens (including phenoxy) is 2. The molecule has 0 saturated carbocycles. The minimum atomic E-state index is -0.871. The van der Waals surface area contributed by atoms with Gasteiger partial charge in [-0.1, -0.05) is 0 Å². The van der Waals surface area contributed by atoms with Gasteiger partial charge in [0.1, 0.15) is 30.3 Å². The van der Waals surface area contributed by atoms with Crippen molar-refractivity contribution >= 4 is 23.5 Å². The molecule has 1 aromatic rings. The van der Waals surface area contributed by atoms with Crippen molar-refractivity contribution in [3.05, 3.63) is 24.3 Å². The summed E-state index contributed by atoms with van der Waals surface area (Å²) in [5.74, 6) is -0.243. The Balaban J connectivity index is 2.06. The Labute approximate surface area is 120 Å². The minimum absolute atomic E-state index is 0.00690. The molecule has 0 unspecified atom stereocenters. The molecular formula is C13H14ClNO5. The topological polar surface area (TPSA) is 84.9 Å². The number of carbonyl (C=O) groups excluding carboxylic acids is 2. The minimum Gasteiger partial charge on any atom is -0.508 e. The van der Waals surface area contributed by atoms with Crippen LogP contribution in [-0.2, 0) is 14.3 Å². The fraction of sp³-hybridized carbons (Fsp3) is 0.385. The molecule has 1 aromatic carbocycles. The highest BCUT2D eigenvalue weighted by Gasteiger charge is 2.43. The molecule has 108 valence electrons. The molecule has 0 aromatic heterocycles. The van der Waals surface area contributed by atoms with Crippen LogP contribution >= 0.6 is 11.6 Å². The zero-order valence-corrected chi connectivity index (χ0v) is 11.5. The molecule has 20 heavy (non-hydrogen) atoms. The summed E-state index contributed by atoms with van der Waals surface area (Å²) in [5.41, 5.74) is 0. The van der Waals surface area contributed by atoms with E-state index in [4.69, 9.17) is 21.1 Å². The van der Waals surface area contributed by atoms with E-state index in [1.807, 2.05) is 0 Å². The fourth-order valence-electron chi connectivity index (χ4n) is 1.86. The van der Waals surface area contributed by atoms with Crippen LogP contribution in [0.1, 0.15) is 6.92 Å². The van der Waals surface area contributed by atoms with Gasteiger partial charge in [-0.3, -0.25) is 9.59 Å². The van der Waals surface area contributed by atoms with E-state index in [2.05, 4.69) is 5.32 Å². The highest BCUT2D eigenvalue weighted by atomic mass is 35.5. The van der Waals surface area contributed by atoms with Crippen molar-refractivity contribution in [2.24, 2.45) is 0 Å². The third-order valence-electron chi connectivity index (χ3n) is 2.84. The van der Waals surface area contributed by atoms with Gasteiger partial charge in [0.2, 0.25) is 5.91 Å². The smallest absolute Gasteiger partial charge is 0.302 e. The van der Waals surface area contributed by atoms with Gasteiger partial charge in [-0.15, -0.1) is 11.6 Å². The Kier molecular flexibility index (Phi) is 4.34. The zero-order valence-electron chi connectivity index (χ0n) is 10.7. The standard InChI is InChI=1S/C13H14ClNO5/c1-7(16)19-6-10-12(11(14)13(18)15-10)20-9-4-2-8(17)3-5-9/h2-5,10-12,17H,6H2,1H3,(H,15,18)/t10-,11+,12+/m0/s1. The molecule has 0 aliphatic carbocycles. The SMILES string of the molecule is CC(=O)OC[C@@H]1NC(=O)[C@H](Cl)[C@@H]1Oc1ccc(O)cc1. The van der Waals surface area contributed by atoms with Crippen molar-refractivity contribution in [3.8, 4) is 11.5 Å². The number of phenolic OH excluding ortho intramolecular Hbond substituents is 1. The van der Waals surface area contributed by atoms with Gasteiger partial charge in [-0.2, -0.15) is 0 Å². The van der Waals surface area contributed by atoms with E-state index in [-0.39, 0.29) is 18.3 Å². The number of phenols is 1. The van der Waals surface area contributed by atoms with Crippen molar-refractivity contribution in [2.45, 2.75) is 24.4 Å². The number of esters is 1. The average Bonchev–Trinajstić information content (AvgIpc) is 2.67. The van der Waals surface area contributed by atoms with Crippen LogP contribution in [0.5, 0.6) is 11.5 Å². The number of carbonyl (C=O) groups is 2. The summed E-state index contributed by atoms with van der Waals surface area (Å²) >= 11 is 5.99. The lowest BCUT2D eigenvalue weighted by Gasteiger charge is -2.21. The van der Waals surface area contributed by atoms with E-state index in [1.165, 1.54) is 19.1 Å². The predicted octanol–water partition coefficient (Wildman–Crippen LogP) is 0.808. The van der Waals surface area contributed by atoms with E-state index in [0.29, 0.717) is 5.75 Å². The lowest BCUT2D eigenvalue weighted by Crippen LogP contribution is -2.40. The molecule has 3 atom stereocenters. The summed E-state index contributed by atoms with van der Waals surface area (Å²) in [6.07, 6.45) is -0.659. The third-order valence-corrected chi connectivity index (χ3v) is 3.28. The average molecular weight is 300 g/mol. The first-order chi connectivity index (χ1) is 9.47. The monoisotopic (exact) mass is 299 g/mol. The molecule has 6 nitrogen and oxygen atoms in total. The second-order valence-corrected chi connectivity index (χ2v) is 4.87. The maximum atomic E-state index is 11.6. The fourth-order valence-corrected chi connectivity index (χ4v) is 2.16. The largest absolute Gasteiger partial charge is 0.508 e. The molecule has 1 aliphatic heterocycles. The molecule has 1 saturated heterocycles. The van der Waals surface area contributed by atoms with Gasteiger partial charge in [0.05, 0.1) is 0 Å². The predicted molar refractivity (Wildman–Crippen MR) is 70.7 cm³/mol. The van der Waals surface area contributed by atoms with E-state index >= 15 is 0 Å². The molecule has 1 amide bonds. The molecule has 1 aliphatic rings. The number of rotatable bonds is 4. The van der Waals surface area contributed by atoms with Crippen LogP contribution in [0.2, 0.25) is 0 Å². The van der Waals surface area contributed by atoms with Crippen LogP contribution in [0.25, 0.3) is 0 Å². The van der Waals surface area contributed by atoms with Crippen molar-refractivity contribution in [1.82, 2.24) is 5.32 Å². The first-order valence-electron chi connectivity index (χ1n) is 6.01. The highest BCUT2D eigenvalue weighted by Crippen LogP contribution is 2.24. The van der Waals surface area contributed by atoms with Gasteiger partial charge in [-0.05, 0) is 24.3 Å². The quantitative estimate of drug-likeness (QED) is 0.635. The highest BCUT2D eigenvalue weighted by molar-refractivity contribution is 6.32. The number of hydrogen-bond acceptors (Lipinski definition) is 5. The third kappa shape index (κ3) is 3.33. The molecule has 2 rings (SSSR count). The normalized spacial score (nSPS) is 25.1. The number of nitrogens with one attached hydrogen (secondary N) is 1. The van der Waals surface area contributed by atoms with Gasteiger partial charge in [-0.25, -0.2) is 0 Å². The van der Waals surface area contributed by atoms with Crippen molar-refractivity contribution < 1.29 is 24.2 Å². The van der Waals surface area contributed by atoms with Gasteiger partial charge in [0, 0.05) is 6.92 Å². The van der Waals surface area contributed by atoms with E-state index in [9.17, 15) is 14.7 Å². The summed E-state index contributed by atoms with van der Waals surface area (Å²) in [7, 11) is 0. The van der Waals surface area contributed by atoms with E-state index in [0.717, 1.165) is 0 Å². The lowest BCUT2D eigenvalue weighted by atomic mass is 10.2. The number of aromatic hydroxyl groups is 1. The summed E-state index contributed by atoms with van der Waals surface area (Å²) in [6.45, 7) is 1.28. The summed E-state index contributed by atoms with van der Waals surface area (Å²) in [4.78, 5) is 22.4. The summed E-state index contributed by atoms with van der Waals surface area (Å²) < 4.78 is 10.5. The van der Waals surface area contributed by atoms with Crippen LogP contribution in [-0.4, -0.2) is 41.1 Å². The van der Waals surface area contributed by atoms with Crippen LogP contribution in [0, 0.1) is 0 Å². The first kappa shape index (κ1) is 14.5. The van der Waals surface area contributed by atoms with Crippen LogP contribution in [0.4, 0.5) is 0 Å². The van der Waals surface area contributed by atoms with Crippen LogP contribution in [0.15, 0.2) is 24.3 Å². The van der Waals surface area contributed by atoms with Crippen molar-refractivity contribution in [1.29, 1.82) is 0 Å². The zero-order chi connectivity index (χ0) is 14.7. The molecule has 1 heterocycles. The number of alkyl halides is 1. The van der Waals surface area contributed by atoms with Crippen molar-refractivity contribution in [3.63, 3.8) is 0 Å². The summed E-state index contributed by atoms with van der Waals surface area (Å²) in [5, 5.41) is 11.0. The Morgan fingerprint density at radius 2 is 2.05 bits per heavy atom. The second-order valence-electron chi connectivity index (χ2n) is 4.40. The van der Waals surface area contributed by atoms with Crippen LogP contribution in [0.3, 0.4) is 0 Å². The number of hydrogen-bond donors (Lipinski definition) is 2. The maximum absolute atomic E-state index is 11.6.